The molecule has 1 amide bonds. The van der Waals surface area contributed by atoms with Crippen LogP contribution in [0.1, 0.15) is 15.2 Å². The summed E-state index contributed by atoms with van der Waals surface area (Å²) in [5.74, 6) is 0.0336. The Balaban J connectivity index is 2.17. The molecule has 0 spiro atoms. The molecule has 0 saturated heterocycles. The standard InChI is InChI=1S/C10H7Cl2N3OS/c1-5-4-17-9(8(5)12)10(16)13-7-3-2-6(11)14-15-7/h2-4H,1H3,(H,13,15,16). The Kier molecular flexibility index (Phi) is 3.61. The molecule has 1 N–H and O–H groups in total. The maximum atomic E-state index is 11.8. The number of nitrogens with one attached hydrogen (secondary N) is 1. The second-order valence-electron chi connectivity index (χ2n) is 3.26. The topological polar surface area (TPSA) is 54.9 Å². The normalized spacial score (nSPS) is 10.3. The van der Waals surface area contributed by atoms with Crippen molar-refractivity contribution in [3.05, 3.63) is 38.1 Å². The molecule has 0 radical (unpaired) electrons. The Morgan fingerprint density at radius 3 is 2.65 bits per heavy atom. The van der Waals surface area contributed by atoms with Gasteiger partial charge in [0.15, 0.2) is 11.0 Å². The van der Waals surface area contributed by atoms with Gasteiger partial charge >= 0.3 is 0 Å². The number of thiophene rings is 1. The van der Waals surface area contributed by atoms with Crippen molar-refractivity contribution in [2.45, 2.75) is 6.92 Å². The van der Waals surface area contributed by atoms with E-state index < -0.39 is 0 Å². The Hall–Kier alpha value is -1.17. The molecule has 88 valence electrons. The first-order chi connectivity index (χ1) is 8.08. The summed E-state index contributed by atoms with van der Waals surface area (Å²) in [7, 11) is 0. The van der Waals surface area contributed by atoms with Crippen molar-refractivity contribution >= 4 is 46.3 Å². The quantitative estimate of drug-likeness (QED) is 0.921. The molecule has 0 aliphatic rings. The number of hydrogen-bond acceptors (Lipinski definition) is 4. The first-order valence-electron chi connectivity index (χ1n) is 4.62. The number of anilines is 1. The molecular formula is C10H7Cl2N3OS. The highest BCUT2D eigenvalue weighted by Crippen LogP contribution is 2.27. The molecular weight excluding hydrogens is 281 g/mol. The van der Waals surface area contributed by atoms with Gasteiger partial charge in [-0.2, -0.15) is 0 Å². The average Bonchev–Trinajstić information content (AvgIpc) is 2.63. The van der Waals surface area contributed by atoms with Crippen LogP contribution in [-0.2, 0) is 0 Å². The summed E-state index contributed by atoms with van der Waals surface area (Å²) in [4.78, 5) is 12.3. The molecule has 0 atom stereocenters. The number of amides is 1. The van der Waals surface area contributed by atoms with E-state index >= 15 is 0 Å². The maximum absolute atomic E-state index is 11.8. The van der Waals surface area contributed by atoms with Crippen LogP contribution in [0.2, 0.25) is 10.2 Å². The zero-order valence-corrected chi connectivity index (χ0v) is 11.0. The minimum Gasteiger partial charge on any atom is -0.304 e. The van der Waals surface area contributed by atoms with E-state index in [9.17, 15) is 4.79 Å². The van der Waals surface area contributed by atoms with Crippen molar-refractivity contribution in [1.29, 1.82) is 0 Å². The number of rotatable bonds is 2. The van der Waals surface area contributed by atoms with E-state index in [0.717, 1.165) is 5.56 Å². The van der Waals surface area contributed by atoms with E-state index in [1.54, 1.807) is 12.1 Å². The second kappa shape index (κ2) is 5.00. The summed E-state index contributed by atoms with van der Waals surface area (Å²) in [5.41, 5.74) is 0.879. The van der Waals surface area contributed by atoms with Gasteiger partial charge in [0.25, 0.3) is 5.91 Å². The molecule has 2 aromatic heterocycles. The molecule has 17 heavy (non-hydrogen) atoms. The number of carbonyl (C=O) groups is 1. The summed E-state index contributed by atoms with van der Waals surface area (Å²) in [6.45, 7) is 1.84. The zero-order chi connectivity index (χ0) is 12.4. The third-order valence-corrected chi connectivity index (χ3v) is 3.88. The second-order valence-corrected chi connectivity index (χ2v) is 4.90. The first kappa shape index (κ1) is 12.3. The lowest BCUT2D eigenvalue weighted by molar-refractivity contribution is 0.103. The van der Waals surface area contributed by atoms with Gasteiger partial charge in [-0.05, 0) is 30.0 Å². The molecule has 2 rings (SSSR count). The van der Waals surface area contributed by atoms with E-state index in [4.69, 9.17) is 23.2 Å². The summed E-state index contributed by atoms with van der Waals surface area (Å²) in [6, 6.07) is 3.12. The van der Waals surface area contributed by atoms with Gasteiger partial charge in [0.2, 0.25) is 0 Å². The van der Waals surface area contributed by atoms with Crippen molar-refractivity contribution < 1.29 is 4.79 Å². The molecule has 7 heteroatoms. The summed E-state index contributed by atoms with van der Waals surface area (Å²) in [5, 5.41) is 12.5. The molecule has 2 heterocycles. The maximum Gasteiger partial charge on any atom is 0.268 e. The molecule has 0 bridgehead atoms. The lowest BCUT2D eigenvalue weighted by Gasteiger charge is -2.02. The predicted molar refractivity (Wildman–Crippen MR) is 69.1 cm³/mol. The summed E-state index contributed by atoms with van der Waals surface area (Å²) in [6.07, 6.45) is 0. The average molecular weight is 288 g/mol. The zero-order valence-electron chi connectivity index (χ0n) is 8.70. The Bertz CT molecular complexity index is 553. The molecule has 0 aromatic carbocycles. The Morgan fingerprint density at radius 1 is 1.35 bits per heavy atom. The summed E-state index contributed by atoms with van der Waals surface area (Å²) >= 11 is 12.9. The van der Waals surface area contributed by atoms with Crippen LogP contribution in [0, 0.1) is 6.92 Å². The van der Waals surface area contributed by atoms with Crippen LogP contribution < -0.4 is 5.32 Å². The van der Waals surface area contributed by atoms with Gasteiger partial charge in [0.1, 0.15) is 4.88 Å². The van der Waals surface area contributed by atoms with Gasteiger partial charge in [0.05, 0.1) is 5.02 Å². The van der Waals surface area contributed by atoms with Crippen LogP contribution in [0.15, 0.2) is 17.5 Å². The molecule has 2 aromatic rings. The predicted octanol–water partition coefficient (Wildman–Crippen LogP) is 3.41. The van der Waals surface area contributed by atoms with Gasteiger partial charge in [-0.3, -0.25) is 4.79 Å². The van der Waals surface area contributed by atoms with Crippen LogP contribution in [0.4, 0.5) is 5.82 Å². The van der Waals surface area contributed by atoms with Gasteiger partial charge in [-0.15, -0.1) is 21.5 Å². The van der Waals surface area contributed by atoms with Crippen LogP contribution >= 0.6 is 34.5 Å². The largest absolute Gasteiger partial charge is 0.304 e. The Labute approximate surface area is 112 Å². The third-order valence-electron chi connectivity index (χ3n) is 1.98. The smallest absolute Gasteiger partial charge is 0.268 e. The van der Waals surface area contributed by atoms with Crippen molar-refractivity contribution in [3.8, 4) is 0 Å². The van der Waals surface area contributed by atoms with Crippen LogP contribution in [0.5, 0.6) is 0 Å². The molecule has 0 fully saturated rings. The number of carbonyl (C=O) groups excluding carboxylic acids is 1. The van der Waals surface area contributed by atoms with E-state index in [1.165, 1.54) is 11.3 Å². The molecule has 0 aliphatic heterocycles. The minimum atomic E-state index is -0.301. The lowest BCUT2D eigenvalue weighted by Crippen LogP contribution is -2.12. The van der Waals surface area contributed by atoms with Crippen molar-refractivity contribution in [1.82, 2.24) is 10.2 Å². The monoisotopic (exact) mass is 287 g/mol. The lowest BCUT2D eigenvalue weighted by atomic mass is 10.3. The number of aromatic nitrogens is 2. The van der Waals surface area contributed by atoms with E-state index in [2.05, 4.69) is 15.5 Å². The summed E-state index contributed by atoms with van der Waals surface area (Å²) < 4.78 is 0. The number of hydrogen-bond donors (Lipinski definition) is 1. The van der Waals surface area contributed by atoms with Crippen LogP contribution in [0.3, 0.4) is 0 Å². The van der Waals surface area contributed by atoms with E-state index in [1.807, 2.05) is 12.3 Å². The highest BCUT2D eigenvalue weighted by molar-refractivity contribution is 7.13. The SMILES string of the molecule is Cc1csc(C(=O)Nc2ccc(Cl)nn2)c1Cl. The number of nitrogens with zero attached hydrogens (tertiary/aromatic N) is 2. The third kappa shape index (κ3) is 2.74. The van der Waals surface area contributed by atoms with Crippen LogP contribution in [-0.4, -0.2) is 16.1 Å². The molecule has 0 saturated carbocycles. The number of aryl methyl sites for hydroxylation is 1. The molecule has 0 aliphatic carbocycles. The van der Waals surface area contributed by atoms with Gasteiger partial charge in [0, 0.05) is 0 Å². The van der Waals surface area contributed by atoms with E-state index in [-0.39, 0.29) is 11.1 Å². The fourth-order valence-electron chi connectivity index (χ4n) is 1.14. The number of halogens is 2. The van der Waals surface area contributed by atoms with Gasteiger partial charge in [-0.1, -0.05) is 23.2 Å². The fraction of sp³-hybridized carbons (Fsp3) is 0.100. The van der Waals surface area contributed by atoms with Crippen molar-refractivity contribution in [3.63, 3.8) is 0 Å². The van der Waals surface area contributed by atoms with Crippen molar-refractivity contribution in [2.75, 3.05) is 5.32 Å². The fourth-order valence-corrected chi connectivity index (χ4v) is 2.41. The van der Waals surface area contributed by atoms with Crippen LogP contribution in [0.25, 0.3) is 0 Å². The van der Waals surface area contributed by atoms with Gasteiger partial charge < -0.3 is 5.32 Å². The highest BCUT2D eigenvalue weighted by atomic mass is 35.5. The highest BCUT2D eigenvalue weighted by Gasteiger charge is 2.15. The van der Waals surface area contributed by atoms with Crippen molar-refractivity contribution in [2.24, 2.45) is 0 Å². The molecule has 4 nitrogen and oxygen atoms in total. The van der Waals surface area contributed by atoms with E-state index in [0.29, 0.717) is 15.7 Å². The van der Waals surface area contributed by atoms with Gasteiger partial charge in [-0.25, -0.2) is 0 Å². The Morgan fingerprint density at radius 2 is 2.12 bits per heavy atom. The minimum absolute atomic E-state index is 0.271. The molecule has 0 unspecified atom stereocenters. The first-order valence-corrected chi connectivity index (χ1v) is 6.25.